The van der Waals surface area contributed by atoms with Gasteiger partial charge in [-0.3, -0.25) is 0 Å². The van der Waals surface area contributed by atoms with Gasteiger partial charge in [0.2, 0.25) is 0 Å². The fourth-order valence-electron chi connectivity index (χ4n) is 1.27. The summed E-state index contributed by atoms with van der Waals surface area (Å²) in [4.78, 5) is 4.34. The molecule has 1 aromatic carbocycles. The predicted molar refractivity (Wildman–Crippen MR) is 57.6 cm³/mol. The first-order valence-electron chi connectivity index (χ1n) is 4.28. The Morgan fingerprint density at radius 2 is 2.08 bits per heavy atom. The van der Waals surface area contributed by atoms with Crippen LogP contribution >= 0.6 is 11.6 Å². The van der Waals surface area contributed by atoms with Crippen molar-refractivity contribution in [2.45, 2.75) is 6.92 Å². The lowest BCUT2D eigenvalue weighted by atomic mass is 10.1. The van der Waals surface area contributed by atoms with Crippen LogP contribution in [0.4, 0.5) is 5.69 Å². The minimum atomic E-state index is 0.217. The Balaban J connectivity index is 2.56. The number of rotatable bonds is 0. The number of halogens is 1. The molecular weight excluding hydrogens is 182 g/mol. The molecule has 1 aliphatic heterocycles. The molecule has 0 spiro atoms. The van der Waals surface area contributed by atoms with E-state index in [2.05, 4.69) is 17.1 Å². The minimum Gasteiger partial charge on any atom is -0.240 e. The van der Waals surface area contributed by atoms with Gasteiger partial charge in [0.05, 0.1) is 5.69 Å². The Morgan fingerprint density at radius 1 is 1.31 bits per heavy atom. The Hall–Kier alpha value is -1.08. The lowest BCUT2D eigenvalue weighted by Crippen LogP contribution is -1.97. The predicted octanol–water partition coefficient (Wildman–Crippen LogP) is 3.62. The number of benzene rings is 1. The largest absolute Gasteiger partial charge is 0.240 e. The zero-order chi connectivity index (χ0) is 9.26. The van der Waals surface area contributed by atoms with Gasteiger partial charge in [-0.25, -0.2) is 4.99 Å². The molecule has 0 radical (unpaired) electrons. The summed E-state index contributed by atoms with van der Waals surface area (Å²) in [6.07, 6.45) is 4.14. The van der Waals surface area contributed by atoms with Crippen molar-refractivity contribution < 1.29 is 0 Å². The third-order valence-electron chi connectivity index (χ3n) is 2.10. The molecule has 2 heteroatoms. The molecule has 13 heavy (non-hydrogen) atoms. The average Bonchev–Trinajstić information content (AvgIpc) is 2.28. The van der Waals surface area contributed by atoms with Crippen LogP contribution in [-0.4, -0.2) is 5.17 Å². The molecule has 0 N–H and O–H groups in total. The summed E-state index contributed by atoms with van der Waals surface area (Å²) in [5.74, 6) is 0.217. The third kappa shape index (κ3) is 1.65. The van der Waals surface area contributed by atoms with E-state index in [4.69, 9.17) is 11.6 Å². The zero-order valence-electron chi connectivity index (χ0n) is 7.37. The first-order valence-corrected chi connectivity index (χ1v) is 4.66. The van der Waals surface area contributed by atoms with Crippen LogP contribution in [0, 0.1) is 5.92 Å². The Kier molecular flexibility index (Phi) is 2.19. The zero-order valence-corrected chi connectivity index (χ0v) is 8.12. The van der Waals surface area contributed by atoms with Crippen LogP contribution in [0.2, 0.25) is 0 Å². The van der Waals surface area contributed by atoms with Gasteiger partial charge in [-0.2, -0.15) is 0 Å². The second-order valence-electron chi connectivity index (χ2n) is 3.14. The van der Waals surface area contributed by atoms with E-state index in [9.17, 15) is 0 Å². The summed E-state index contributed by atoms with van der Waals surface area (Å²) in [6.45, 7) is 2.04. The summed E-state index contributed by atoms with van der Waals surface area (Å²) in [7, 11) is 0. The molecule has 0 saturated heterocycles. The molecule has 0 bridgehead atoms. The summed E-state index contributed by atoms with van der Waals surface area (Å²) in [5, 5.41) is 0.654. The SMILES string of the molecule is CC1C=Cc2ccccc2N=C1Cl. The highest BCUT2D eigenvalue weighted by Gasteiger charge is 2.09. The van der Waals surface area contributed by atoms with Crippen molar-refractivity contribution in [3.63, 3.8) is 0 Å². The van der Waals surface area contributed by atoms with Gasteiger partial charge < -0.3 is 0 Å². The fourth-order valence-corrected chi connectivity index (χ4v) is 1.44. The number of allylic oxidation sites excluding steroid dienone is 1. The summed E-state index contributed by atoms with van der Waals surface area (Å²) >= 11 is 6.00. The molecular formula is C11H10ClN. The Labute approximate surface area is 82.8 Å². The molecule has 0 saturated carbocycles. The third-order valence-corrected chi connectivity index (χ3v) is 2.53. The van der Waals surface area contributed by atoms with Crippen molar-refractivity contribution in [2.75, 3.05) is 0 Å². The van der Waals surface area contributed by atoms with E-state index in [0.29, 0.717) is 5.17 Å². The second kappa shape index (κ2) is 3.35. The molecule has 66 valence electrons. The van der Waals surface area contributed by atoms with Gasteiger partial charge >= 0.3 is 0 Å². The van der Waals surface area contributed by atoms with Crippen molar-refractivity contribution in [3.05, 3.63) is 35.9 Å². The highest BCUT2D eigenvalue weighted by molar-refractivity contribution is 6.66. The molecule has 0 aliphatic carbocycles. The number of hydrogen-bond acceptors (Lipinski definition) is 1. The van der Waals surface area contributed by atoms with Crippen molar-refractivity contribution in [1.29, 1.82) is 0 Å². The number of nitrogens with zero attached hydrogens (tertiary/aromatic N) is 1. The van der Waals surface area contributed by atoms with Crippen LogP contribution in [0.15, 0.2) is 35.3 Å². The standard InChI is InChI=1S/C11H10ClN/c1-8-6-7-9-4-2-3-5-10(9)13-11(8)12/h2-8H,1H3. The molecule has 1 nitrogen and oxygen atoms in total. The topological polar surface area (TPSA) is 12.4 Å². The summed E-state index contributed by atoms with van der Waals surface area (Å²) in [5.41, 5.74) is 2.08. The van der Waals surface area contributed by atoms with Gasteiger partial charge in [0.25, 0.3) is 0 Å². The van der Waals surface area contributed by atoms with Crippen LogP contribution in [0.1, 0.15) is 12.5 Å². The first kappa shape index (κ1) is 8.52. The van der Waals surface area contributed by atoms with E-state index in [1.165, 1.54) is 0 Å². The Morgan fingerprint density at radius 3 is 2.92 bits per heavy atom. The van der Waals surface area contributed by atoms with Gasteiger partial charge in [0.1, 0.15) is 5.17 Å². The molecule has 1 aliphatic rings. The smallest absolute Gasteiger partial charge is 0.113 e. The number of para-hydroxylation sites is 1. The molecule has 0 amide bonds. The van der Waals surface area contributed by atoms with E-state index in [1.807, 2.05) is 31.2 Å². The molecule has 0 fully saturated rings. The number of aliphatic imine (C=N–C) groups is 1. The van der Waals surface area contributed by atoms with Crippen LogP contribution < -0.4 is 0 Å². The van der Waals surface area contributed by atoms with Crippen molar-refractivity contribution >= 4 is 28.5 Å². The highest BCUT2D eigenvalue weighted by atomic mass is 35.5. The Bertz CT molecular complexity index is 379. The van der Waals surface area contributed by atoms with Crippen LogP contribution in [0.5, 0.6) is 0 Å². The lowest BCUT2D eigenvalue weighted by molar-refractivity contribution is 1.03. The highest BCUT2D eigenvalue weighted by Crippen LogP contribution is 2.26. The van der Waals surface area contributed by atoms with E-state index in [-0.39, 0.29) is 5.92 Å². The van der Waals surface area contributed by atoms with E-state index in [1.54, 1.807) is 0 Å². The normalized spacial score (nSPS) is 20.5. The van der Waals surface area contributed by atoms with Crippen molar-refractivity contribution in [3.8, 4) is 0 Å². The molecule has 1 heterocycles. The monoisotopic (exact) mass is 191 g/mol. The maximum absolute atomic E-state index is 6.00. The minimum absolute atomic E-state index is 0.217. The fraction of sp³-hybridized carbons (Fsp3) is 0.182. The van der Waals surface area contributed by atoms with Gasteiger partial charge in [-0.05, 0) is 11.6 Å². The lowest BCUT2D eigenvalue weighted by Gasteiger charge is -1.99. The van der Waals surface area contributed by atoms with Crippen LogP contribution in [0.3, 0.4) is 0 Å². The summed E-state index contributed by atoms with van der Waals surface area (Å²) < 4.78 is 0. The van der Waals surface area contributed by atoms with E-state index < -0.39 is 0 Å². The van der Waals surface area contributed by atoms with Crippen LogP contribution in [0.25, 0.3) is 6.08 Å². The van der Waals surface area contributed by atoms with Crippen molar-refractivity contribution in [2.24, 2.45) is 10.9 Å². The second-order valence-corrected chi connectivity index (χ2v) is 3.53. The average molecular weight is 192 g/mol. The maximum Gasteiger partial charge on any atom is 0.113 e. The molecule has 0 aromatic heterocycles. The van der Waals surface area contributed by atoms with Gasteiger partial charge in [-0.15, -0.1) is 0 Å². The van der Waals surface area contributed by atoms with Gasteiger partial charge in [0, 0.05) is 5.92 Å². The quantitative estimate of drug-likeness (QED) is 0.594. The molecule has 1 unspecified atom stereocenters. The maximum atomic E-state index is 6.00. The number of fused-ring (bicyclic) bond motifs is 1. The van der Waals surface area contributed by atoms with Gasteiger partial charge in [-0.1, -0.05) is 48.9 Å². The van der Waals surface area contributed by atoms with E-state index >= 15 is 0 Å². The van der Waals surface area contributed by atoms with Gasteiger partial charge in [0.15, 0.2) is 0 Å². The molecule has 1 aromatic rings. The molecule has 2 rings (SSSR count). The molecule has 1 atom stereocenters. The van der Waals surface area contributed by atoms with Crippen LogP contribution in [-0.2, 0) is 0 Å². The summed E-state index contributed by atoms with van der Waals surface area (Å²) in [6, 6.07) is 7.98. The number of hydrogen-bond donors (Lipinski definition) is 0. The van der Waals surface area contributed by atoms with E-state index in [0.717, 1.165) is 11.3 Å². The first-order chi connectivity index (χ1) is 6.27. The van der Waals surface area contributed by atoms with Crippen molar-refractivity contribution in [1.82, 2.24) is 0 Å².